The third-order valence-electron chi connectivity index (χ3n) is 2.33. The van der Waals surface area contributed by atoms with Crippen LogP contribution in [0.4, 0.5) is 5.69 Å². The van der Waals surface area contributed by atoms with Crippen molar-refractivity contribution in [2.75, 3.05) is 11.9 Å². The number of hydrogen-bond acceptors (Lipinski definition) is 2. The van der Waals surface area contributed by atoms with E-state index >= 15 is 0 Å². The summed E-state index contributed by atoms with van der Waals surface area (Å²) in [6.07, 6.45) is 0. The van der Waals surface area contributed by atoms with Gasteiger partial charge in [0.1, 0.15) is 5.75 Å². The third kappa shape index (κ3) is 1.58. The highest BCUT2D eigenvalue weighted by molar-refractivity contribution is 5.94. The lowest BCUT2D eigenvalue weighted by Gasteiger charge is -2.06. The van der Waals surface area contributed by atoms with Crippen LogP contribution in [0.5, 0.6) is 5.75 Å². The van der Waals surface area contributed by atoms with E-state index in [-0.39, 0.29) is 11.8 Å². The number of aryl methyl sites for hydroxylation is 1. The molecule has 0 radical (unpaired) electrons. The number of carbonyl (C=O) groups excluding carboxylic acids is 1. The SMILES string of the molecule is Cc1ccc2c(c1)OCC(C)C(=O)N2. The van der Waals surface area contributed by atoms with E-state index in [4.69, 9.17) is 4.74 Å². The van der Waals surface area contributed by atoms with Gasteiger partial charge in [-0.05, 0) is 24.6 Å². The molecule has 0 saturated carbocycles. The predicted octanol–water partition coefficient (Wildman–Crippen LogP) is 1.96. The molecule has 1 aromatic carbocycles. The van der Waals surface area contributed by atoms with Gasteiger partial charge in [-0.3, -0.25) is 4.79 Å². The molecule has 2 rings (SSSR count). The molecule has 1 atom stereocenters. The number of fused-ring (bicyclic) bond motifs is 1. The third-order valence-corrected chi connectivity index (χ3v) is 2.33. The van der Waals surface area contributed by atoms with Crippen LogP contribution in [0, 0.1) is 12.8 Å². The second-order valence-electron chi connectivity index (χ2n) is 3.70. The van der Waals surface area contributed by atoms with Crippen molar-refractivity contribution in [3.63, 3.8) is 0 Å². The Morgan fingerprint density at radius 1 is 1.50 bits per heavy atom. The van der Waals surface area contributed by atoms with E-state index in [1.807, 2.05) is 32.0 Å². The van der Waals surface area contributed by atoms with Crippen LogP contribution >= 0.6 is 0 Å². The van der Waals surface area contributed by atoms with Crippen molar-refractivity contribution >= 4 is 11.6 Å². The Kier molecular flexibility index (Phi) is 2.15. The highest BCUT2D eigenvalue weighted by Crippen LogP contribution is 2.28. The Bertz CT molecular complexity index is 374. The number of hydrogen-bond donors (Lipinski definition) is 1. The minimum atomic E-state index is -0.0947. The van der Waals surface area contributed by atoms with Crippen molar-refractivity contribution in [2.45, 2.75) is 13.8 Å². The van der Waals surface area contributed by atoms with Crippen LogP contribution in [0.3, 0.4) is 0 Å². The number of carbonyl (C=O) groups is 1. The van der Waals surface area contributed by atoms with Crippen LogP contribution < -0.4 is 10.1 Å². The summed E-state index contributed by atoms with van der Waals surface area (Å²) in [6.45, 7) is 4.30. The summed E-state index contributed by atoms with van der Waals surface area (Å²) >= 11 is 0. The largest absolute Gasteiger partial charge is 0.491 e. The molecule has 0 saturated heterocycles. The normalized spacial score (nSPS) is 20.4. The fourth-order valence-electron chi connectivity index (χ4n) is 1.40. The minimum absolute atomic E-state index is 0.0209. The molecule has 3 heteroatoms. The fourth-order valence-corrected chi connectivity index (χ4v) is 1.40. The summed E-state index contributed by atoms with van der Waals surface area (Å²) in [6, 6.07) is 5.77. The molecular formula is C11H13NO2. The van der Waals surface area contributed by atoms with E-state index in [2.05, 4.69) is 5.32 Å². The van der Waals surface area contributed by atoms with Crippen LogP contribution in [-0.2, 0) is 4.79 Å². The maximum atomic E-state index is 11.5. The molecule has 1 heterocycles. The van der Waals surface area contributed by atoms with Crippen molar-refractivity contribution in [3.05, 3.63) is 23.8 Å². The average Bonchev–Trinajstić information content (AvgIpc) is 2.29. The molecule has 1 aromatic rings. The number of benzene rings is 1. The molecule has 3 nitrogen and oxygen atoms in total. The van der Waals surface area contributed by atoms with E-state index in [1.165, 1.54) is 0 Å². The Hall–Kier alpha value is -1.51. The van der Waals surface area contributed by atoms with Gasteiger partial charge in [-0.25, -0.2) is 0 Å². The zero-order chi connectivity index (χ0) is 10.1. The lowest BCUT2D eigenvalue weighted by atomic mass is 10.2. The van der Waals surface area contributed by atoms with Crippen LogP contribution in [0.15, 0.2) is 18.2 Å². The zero-order valence-corrected chi connectivity index (χ0v) is 8.33. The summed E-state index contributed by atoms with van der Waals surface area (Å²) in [7, 11) is 0. The van der Waals surface area contributed by atoms with Gasteiger partial charge in [0.2, 0.25) is 5.91 Å². The molecule has 74 valence electrons. The maximum absolute atomic E-state index is 11.5. The Labute approximate surface area is 83.1 Å². The maximum Gasteiger partial charge on any atom is 0.230 e. The topological polar surface area (TPSA) is 38.3 Å². The lowest BCUT2D eigenvalue weighted by molar-refractivity contribution is -0.119. The van der Waals surface area contributed by atoms with Gasteiger partial charge in [-0.15, -0.1) is 0 Å². The van der Waals surface area contributed by atoms with Crippen molar-refractivity contribution in [3.8, 4) is 5.75 Å². The van der Waals surface area contributed by atoms with Crippen LogP contribution in [-0.4, -0.2) is 12.5 Å². The van der Waals surface area contributed by atoms with E-state index < -0.39 is 0 Å². The average molecular weight is 191 g/mol. The lowest BCUT2D eigenvalue weighted by Crippen LogP contribution is -2.21. The highest BCUT2D eigenvalue weighted by atomic mass is 16.5. The van der Waals surface area contributed by atoms with E-state index in [0.717, 1.165) is 17.0 Å². The molecule has 0 aliphatic carbocycles. The molecule has 1 unspecified atom stereocenters. The number of rotatable bonds is 0. The first-order chi connectivity index (χ1) is 6.66. The molecule has 1 amide bonds. The molecule has 1 aliphatic heterocycles. The Balaban J connectivity index is 2.37. The van der Waals surface area contributed by atoms with Crippen LogP contribution in [0.2, 0.25) is 0 Å². The second-order valence-corrected chi connectivity index (χ2v) is 3.70. The summed E-state index contributed by atoms with van der Waals surface area (Å²) in [5, 5.41) is 2.84. The first-order valence-corrected chi connectivity index (χ1v) is 4.71. The van der Waals surface area contributed by atoms with Gasteiger partial charge in [0, 0.05) is 0 Å². The van der Waals surface area contributed by atoms with E-state index in [1.54, 1.807) is 0 Å². The fraction of sp³-hybridized carbons (Fsp3) is 0.364. The standard InChI is InChI=1S/C11H13NO2/c1-7-3-4-9-10(5-7)14-6-8(2)11(13)12-9/h3-5,8H,6H2,1-2H3,(H,12,13). The monoisotopic (exact) mass is 191 g/mol. The van der Waals surface area contributed by atoms with Gasteiger partial charge < -0.3 is 10.1 Å². The first kappa shape index (κ1) is 9.06. The molecule has 1 aliphatic rings. The number of ether oxygens (including phenoxy) is 1. The van der Waals surface area contributed by atoms with Gasteiger partial charge in [0.05, 0.1) is 18.2 Å². The molecule has 0 bridgehead atoms. The second kappa shape index (κ2) is 3.33. The van der Waals surface area contributed by atoms with Gasteiger partial charge in [0.15, 0.2) is 0 Å². The van der Waals surface area contributed by atoms with Gasteiger partial charge in [0.25, 0.3) is 0 Å². The summed E-state index contributed by atoms with van der Waals surface area (Å²) < 4.78 is 5.53. The van der Waals surface area contributed by atoms with Gasteiger partial charge >= 0.3 is 0 Å². The van der Waals surface area contributed by atoms with E-state index in [9.17, 15) is 4.79 Å². The summed E-state index contributed by atoms with van der Waals surface area (Å²) in [5.41, 5.74) is 1.90. The smallest absolute Gasteiger partial charge is 0.230 e. The first-order valence-electron chi connectivity index (χ1n) is 4.71. The van der Waals surface area contributed by atoms with Crippen molar-refractivity contribution < 1.29 is 9.53 Å². The van der Waals surface area contributed by atoms with Gasteiger partial charge in [-0.1, -0.05) is 13.0 Å². The summed E-state index contributed by atoms with van der Waals surface area (Å²) in [5.74, 6) is 0.693. The van der Waals surface area contributed by atoms with Crippen molar-refractivity contribution in [1.82, 2.24) is 0 Å². The predicted molar refractivity (Wildman–Crippen MR) is 54.5 cm³/mol. The molecule has 1 N–H and O–H groups in total. The minimum Gasteiger partial charge on any atom is -0.491 e. The van der Waals surface area contributed by atoms with E-state index in [0.29, 0.717) is 6.61 Å². The van der Waals surface area contributed by atoms with Crippen LogP contribution in [0.25, 0.3) is 0 Å². The van der Waals surface area contributed by atoms with Crippen molar-refractivity contribution in [1.29, 1.82) is 0 Å². The van der Waals surface area contributed by atoms with Gasteiger partial charge in [-0.2, -0.15) is 0 Å². The molecule has 0 fully saturated rings. The number of amides is 1. The number of anilines is 1. The molecule has 0 spiro atoms. The highest BCUT2D eigenvalue weighted by Gasteiger charge is 2.20. The molecular weight excluding hydrogens is 178 g/mol. The van der Waals surface area contributed by atoms with Crippen molar-refractivity contribution in [2.24, 2.45) is 5.92 Å². The summed E-state index contributed by atoms with van der Waals surface area (Å²) in [4.78, 5) is 11.5. The molecule has 0 aromatic heterocycles. The Morgan fingerprint density at radius 2 is 2.29 bits per heavy atom. The molecule has 14 heavy (non-hydrogen) atoms. The quantitative estimate of drug-likeness (QED) is 0.680. The van der Waals surface area contributed by atoms with Crippen LogP contribution in [0.1, 0.15) is 12.5 Å². The number of nitrogens with one attached hydrogen (secondary N) is 1. The zero-order valence-electron chi connectivity index (χ0n) is 8.33. The Morgan fingerprint density at radius 3 is 3.07 bits per heavy atom.